The fraction of sp³-hybridized carbons (Fsp3) is 0.286. The predicted octanol–water partition coefficient (Wildman–Crippen LogP) is 5.34. The highest BCUT2D eigenvalue weighted by molar-refractivity contribution is 5.96. The largest absolute Gasteiger partial charge is 0.497 e. The minimum atomic E-state index is 0.0583. The van der Waals surface area contributed by atoms with Crippen LogP contribution >= 0.6 is 0 Å². The highest BCUT2D eigenvalue weighted by Gasteiger charge is 2.34. The van der Waals surface area contributed by atoms with Crippen molar-refractivity contribution >= 4 is 22.6 Å². The van der Waals surface area contributed by atoms with Crippen molar-refractivity contribution < 1.29 is 14.3 Å². The SMILES string of the molecule is COc1ccc(OCCCn2c(C3CC(=O)N(c4cccc(C)c4)C3)nc3ccccc32)cc1. The van der Waals surface area contributed by atoms with Crippen molar-refractivity contribution in [2.75, 3.05) is 25.2 Å². The van der Waals surface area contributed by atoms with Crippen LogP contribution in [0.3, 0.4) is 0 Å². The van der Waals surface area contributed by atoms with Gasteiger partial charge in [0.05, 0.1) is 24.8 Å². The average Bonchev–Trinajstić information content (AvgIpc) is 3.42. The summed E-state index contributed by atoms with van der Waals surface area (Å²) in [5.41, 5.74) is 4.18. The second-order valence-corrected chi connectivity index (χ2v) is 8.73. The van der Waals surface area contributed by atoms with Crippen molar-refractivity contribution in [3.05, 3.63) is 84.2 Å². The lowest BCUT2D eigenvalue weighted by molar-refractivity contribution is -0.117. The van der Waals surface area contributed by atoms with Crippen LogP contribution in [0.1, 0.15) is 30.1 Å². The standard InChI is InChI=1S/C28H29N3O3/c1-20-7-5-8-22(17-20)31-19-21(18-27(31)32)28-29-25-9-3-4-10-26(25)30(28)15-6-16-34-24-13-11-23(33-2)12-14-24/h3-5,7-14,17,21H,6,15-16,18-19H2,1-2H3. The van der Waals surface area contributed by atoms with Gasteiger partial charge in [0.2, 0.25) is 5.91 Å². The first-order chi connectivity index (χ1) is 16.6. The molecule has 34 heavy (non-hydrogen) atoms. The predicted molar refractivity (Wildman–Crippen MR) is 134 cm³/mol. The maximum absolute atomic E-state index is 12.9. The molecule has 1 saturated heterocycles. The van der Waals surface area contributed by atoms with Crippen LogP contribution < -0.4 is 14.4 Å². The van der Waals surface area contributed by atoms with Crippen molar-refractivity contribution in [3.8, 4) is 11.5 Å². The maximum atomic E-state index is 12.9. The lowest BCUT2D eigenvalue weighted by Crippen LogP contribution is -2.24. The summed E-state index contributed by atoms with van der Waals surface area (Å²) in [6, 6.07) is 23.9. The molecule has 0 aliphatic carbocycles. The molecule has 6 heteroatoms. The van der Waals surface area contributed by atoms with Gasteiger partial charge in [0.15, 0.2) is 0 Å². The number of hydrogen-bond acceptors (Lipinski definition) is 4. The Morgan fingerprint density at radius 3 is 2.59 bits per heavy atom. The molecule has 1 aliphatic rings. The van der Waals surface area contributed by atoms with E-state index in [2.05, 4.69) is 29.7 Å². The van der Waals surface area contributed by atoms with E-state index in [-0.39, 0.29) is 11.8 Å². The molecule has 1 unspecified atom stereocenters. The highest BCUT2D eigenvalue weighted by atomic mass is 16.5. The van der Waals surface area contributed by atoms with E-state index in [0.29, 0.717) is 19.6 Å². The first-order valence-electron chi connectivity index (χ1n) is 11.7. The van der Waals surface area contributed by atoms with Gasteiger partial charge < -0.3 is 18.9 Å². The van der Waals surface area contributed by atoms with Gasteiger partial charge in [-0.1, -0.05) is 24.3 Å². The third-order valence-corrected chi connectivity index (χ3v) is 6.34. The number of aromatic nitrogens is 2. The molecule has 1 fully saturated rings. The third kappa shape index (κ3) is 4.49. The smallest absolute Gasteiger partial charge is 0.227 e. The van der Waals surface area contributed by atoms with Crippen LogP contribution in [-0.2, 0) is 11.3 Å². The van der Waals surface area contributed by atoms with Gasteiger partial charge in [-0.2, -0.15) is 0 Å². The molecule has 1 aliphatic heterocycles. The van der Waals surface area contributed by atoms with Gasteiger partial charge >= 0.3 is 0 Å². The molecule has 0 bridgehead atoms. The Morgan fingerprint density at radius 1 is 1.00 bits per heavy atom. The summed E-state index contributed by atoms with van der Waals surface area (Å²) in [6.07, 6.45) is 1.31. The van der Waals surface area contributed by atoms with E-state index in [1.54, 1.807) is 7.11 Å². The highest BCUT2D eigenvalue weighted by Crippen LogP contribution is 2.33. The molecule has 1 amide bonds. The normalized spacial score (nSPS) is 15.8. The van der Waals surface area contributed by atoms with Crippen LogP contribution in [0.2, 0.25) is 0 Å². The van der Waals surface area contributed by atoms with E-state index >= 15 is 0 Å². The van der Waals surface area contributed by atoms with Crippen molar-refractivity contribution in [2.45, 2.75) is 32.2 Å². The Bertz CT molecular complexity index is 1300. The number of rotatable bonds is 8. The van der Waals surface area contributed by atoms with E-state index in [4.69, 9.17) is 14.5 Å². The van der Waals surface area contributed by atoms with Crippen LogP contribution in [0.25, 0.3) is 11.0 Å². The minimum absolute atomic E-state index is 0.0583. The molecule has 1 aromatic heterocycles. The minimum Gasteiger partial charge on any atom is -0.497 e. The molecule has 0 saturated carbocycles. The monoisotopic (exact) mass is 455 g/mol. The third-order valence-electron chi connectivity index (χ3n) is 6.34. The number of imidazole rings is 1. The fourth-order valence-corrected chi connectivity index (χ4v) is 4.65. The quantitative estimate of drug-likeness (QED) is 0.337. The number of hydrogen-bond donors (Lipinski definition) is 0. The Balaban J connectivity index is 1.32. The zero-order valence-electron chi connectivity index (χ0n) is 19.6. The van der Waals surface area contributed by atoms with Crippen LogP contribution in [0.4, 0.5) is 5.69 Å². The molecular weight excluding hydrogens is 426 g/mol. The van der Waals surface area contributed by atoms with Crippen molar-refractivity contribution in [3.63, 3.8) is 0 Å². The van der Waals surface area contributed by atoms with Gasteiger partial charge in [-0.05, 0) is 67.4 Å². The van der Waals surface area contributed by atoms with Crippen LogP contribution in [0.5, 0.6) is 11.5 Å². The number of benzene rings is 3. The Labute approximate surface area is 199 Å². The van der Waals surface area contributed by atoms with Crippen molar-refractivity contribution in [1.82, 2.24) is 9.55 Å². The van der Waals surface area contributed by atoms with Gasteiger partial charge in [-0.3, -0.25) is 4.79 Å². The zero-order chi connectivity index (χ0) is 23.5. The van der Waals surface area contributed by atoms with Crippen molar-refractivity contribution in [2.24, 2.45) is 0 Å². The summed E-state index contributed by atoms with van der Waals surface area (Å²) < 4.78 is 13.4. The lowest BCUT2D eigenvalue weighted by Gasteiger charge is -2.18. The molecule has 0 spiro atoms. The van der Waals surface area contributed by atoms with E-state index < -0.39 is 0 Å². The number of para-hydroxylation sites is 2. The lowest BCUT2D eigenvalue weighted by atomic mass is 10.1. The van der Waals surface area contributed by atoms with Crippen LogP contribution in [-0.4, -0.2) is 35.7 Å². The van der Waals surface area contributed by atoms with Gasteiger partial charge in [-0.15, -0.1) is 0 Å². The van der Waals surface area contributed by atoms with E-state index in [1.165, 1.54) is 0 Å². The van der Waals surface area contributed by atoms with Gasteiger partial charge in [-0.25, -0.2) is 4.98 Å². The van der Waals surface area contributed by atoms with E-state index in [9.17, 15) is 4.79 Å². The Hall–Kier alpha value is -3.80. The topological polar surface area (TPSA) is 56.6 Å². The number of aryl methyl sites for hydroxylation is 2. The maximum Gasteiger partial charge on any atom is 0.227 e. The van der Waals surface area contributed by atoms with Crippen molar-refractivity contribution in [1.29, 1.82) is 0 Å². The molecule has 0 N–H and O–H groups in total. The second-order valence-electron chi connectivity index (χ2n) is 8.73. The van der Waals surface area contributed by atoms with Gasteiger partial charge in [0.1, 0.15) is 17.3 Å². The van der Waals surface area contributed by atoms with E-state index in [1.807, 2.05) is 59.5 Å². The summed E-state index contributed by atoms with van der Waals surface area (Å²) in [5.74, 6) is 2.83. The number of amides is 1. The molecule has 2 heterocycles. The summed E-state index contributed by atoms with van der Waals surface area (Å²) in [4.78, 5) is 19.8. The van der Waals surface area contributed by atoms with Gasteiger partial charge in [0, 0.05) is 31.1 Å². The number of methoxy groups -OCH3 is 1. The number of fused-ring (bicyclic) bond motifs is 1. The molecule has 1 atom stereocenters. The van der Waals surface area contributed by atoms with Gasteiger partial charge in [0.25, 0.3) is 0 Å². The summed E-state index contributed by atoms with van der Waals surface area (Å²) in [5, 5.41) is 0. The molecule has 174 valence electrons. The number of carbonyl (C=O) groups excluding carboxylic acids is 1. The molecular formula is C28H29N3O3. The first kappa shape index (κ1) is 22.0. The van der Waals surface area contributed by atoms with Crippen LogP contribution in [0, 0.1) is 6.92 Å². The summed E-state index contributed by atoms with van der Waals surface area (Å²) >= 11 is 0. The number of anilines is 1. The molecule has 0 radical (unpaired) electrons. The summed E-state index contributed by atoms with van der Waals surface area (Å²) in [7, 11) is 1.65. The Morgan fingerprint density at radius 2 is 1.79 bits per heavy atom. The average molecular weight is 456 g/mol. The summed E-state index contributed by atoms with van der Waals surface area (Å²) in [6.45, 7) is 4.07. The van der Waals surface area contributed by atoms with E-state index in [0.717, 1.165) is 52.6 Å². The number of ether oxygens (including phenoxy) is 2. The number of nitrogens with zero attached hydrogens (tertiary/aromatic N) is 3. The zero-order valence-corrected chi connectivity index (χ0v) is 19.6. The molecule has 3 aromatic carbocycles. The second kappa shape index (κ2) is 9.59. The molecule has 6 nitrogen and oxygen atoms in total. The number of carbonyl (C=O) groups is 1. The fourth-order valence-electron chi connectivity index (χ4n) is 4.65. The first-order valence-corrected chi connectivity index (χ1v) is 11.7. The van der Waals surface area contributed by atoms with Crippen LogP contribution in [0.15, 0.2) is 72.8 Å². The Kier molecular flexibility index (Phi) is 6.21. The molecule has 4 aromatic rings. The molecule has 5 rings (SSSR count).